The Hall–Kier alpha value is -3.23. The zero-order chi connectivity index (χ0) is 24.5. The number of nitrogens with zero attached hydrogens (tertiary/aromatic N) is 5. The summed E-state index contributed by atoms with van der Waals surface area (Å²) in [6, 6.07) is 9.69. The van der Waals surface area contributed by atoms with Crippen LogP contribution in [-0.2, 0) is 0 Å². The lowest BCUT2D eigenvalue weighted by molar-refractivity contribution is 0.0982. The number of piperidine rings is 1. The average molecular weight is 477 g/mol. The summed E-state index contributed by atoms with van der Waals surface area (Å²) in [6.45, 7) is 10.5. The summed E-state index contributed by atoms with van der Waals surface area (Å²) in [5.41, 5.74) is 3.64. The highest BCUT2D eigenvalue weighted by Gasteiger charge is 2.27. The van der Waals surface area contributed by atoms with Crippen molar-refractivity contribution in [1.82, 2.24) is 19.8 Å². The Kier molecular flexibility index (Phi) is 6.58. The van der Waals surface area contributed by atoms with E-state index in [4.69, 9.17) is 10.4 Å². The van der Waals surface area contributed by atoms with Crippen molar-refractivity contribution in [2.24, 2.45) is 0 Å². The van der Waals surface area contributed by atoms with Crippen LogP contribution in [0.5, 0.6) is 0 Å². The van der Waals surface area contributed by atoms with E-state index < -0.39 is 11.6 Å². The number of likely N-dealkylation sites (N-methyl/N-ethyl adjacent to an activating group) is 1. The molecule has 8 heteroatoms. The second kappa shape index (κ2) is 9.79. The molecule has 2 aromatic heterocycles. The van der Waals surface area contributed by atoms with Gasteiger partial charge in [-0.15, -0.1) is 0 Å². The smallest absolute Gasteiger partial charge is 0.159 e. The summed E-state index contributed by atoms with van der Waals surface area (Å²) in [5, 5.41) is 8.41. The highest BCUT2D eigenvalue weighted by Crippen LogP contribution is 2.26. The van der Waals surface area contributed by atoms with Gasteiger partial charge in [-0.1, -0.05) is 6.58 Å². The van der Waals surface area contributed by atoms with Gasteiger partial charge in [0.05, 0.1) is 34.3 Å². The van der Waals surface area contributed by atoms with Crippen molar-refractivity contribution < 1.29 is 8.78 Å². The van der Waals surface area contributed by atoms with E-state index in [0.29, 0.717) is 17.3 Å². The lowest BCUT2D eigenvalue weighted by Crippen LogP contribution is -2.52. The van der Waals surface area contributed by atoms with E-state index in [1.54, 1.807) is 6.07 Å². The van der Waals surface area contributed by atoms with E-state index in [-0.39, 0.29) is 11.3 Å². The quantitative estimate of drug-likeness (QED) is 0.559. The van der Waals surface area contributed by atoms with Gasteiger partial charge >= 0.3 is 0 Å². The van der Waals surface area contributed by atoms with E-state index in [2.05, 4.69) is 33.3 Å². The molecule has 35 heavy (non-hydrogen) atoms. The van der Waals surface area contributed by atoms with Gasteiger partial charge in [0.25, 0.3) is 0 Å². The molecule has 2 aliphatic heterocycles. The Morgan fingerprint density at radius 2 is 1.69 bits per heavy atom. The first-order valence-electron chi connectivity index (χ1n) is 12.1. The maximum atomic E-state index is 13.6. The van der Waals surface area contributed by atoms with Gasteiger partial charge in [0.15, 0.2) is 11.6 Å². The van der Waals surface area contributed by atoms with Crippen molar-refractivity contribution in [2.75, 3.05) is 51.2 Å². The zero-order valence-corrected chi connectivity index (χ0v) is 20.0. The highest BCUT2D eigenvalue weighted by atomic mass is 19.2. The summed E-state index contributed by atoms with van der Waals surface area (Å²) in [6.07, 6.45) is 4.17. The molecule has 0 unspecified atom stereocenters. The molecule has 1 N–H and O–H groups in total. The summed E-state index contributed by atoms with van der Waals surface area (Å²) in [4.78, 5) is 16.7. The van der Waals surface area contributed by atoms with Crippen LogP contribution in [0.15, 0.2) is 49.2 Å². The number of halogens is 2. The van der Waals surface area contributed by atoms with E-state index in [1.807, 2.05) is 18.3 Å². The molecular formula is C27H30F2N6. The monoisotopic (exact) mass is 476 g/mol. The summed E-state index contributed by atoms with van der Waals surface area (Å²) in [7, 11) is 2.19. The van der Waals surface area contributed by atoms with Crippen molar-refractivity contribution in [3.8, 4) is 0 Å². The number of anilines is 1. The fourth-order valence-corrected chi connectivity index (χ4v) is 4.97. The van der Waals surface area contributed by atoms with Gasteiger partial charge in [-0.3, -0.25) is 15.3 Å². The number of piperazine rings is 1. The molecule has 1 aromatic carbocycles. The fourth-order valence-electron chi connectivity index (χ4n) is 4.97. The average Bonchev–Trinajstić information content (AvgIpc) is 2.89. The maximum absolute atomic E-state index is 13.6. The van der Waals surface area contributed by atoms with Gasteiger partial charge < -0.3 is 9.80 Å². The molecule has 182 valence electrons. The van der Waals surface area contributed by atoms with Crippen molar-refractivity contribution in [2.45, 2.75) is 18.9 Å². The highest BCUT2D eigenvalue weighted by molar-refractivity contribution is 6.29. The Morgan fingerprint density at radius 1 is 0.943 bits per heavy atom. The Labute approximate surface area is 204 Å². The van der Waals surface area contributed by atoms with Gasteiger partial charge in [0.1, 0.15) is 0 Å². The Balaban J connectivity index is 1.30. The van der Waals surface area contributed by atoms with Gasteiger partial charge in [-0.25, -0.2) is 13.8 Å². The van der Waals surface area contributed by atoms with Crippen LogP contribution in [0.25, 0.3) is 16.6 Å². The lowest BCUT2D eigenvalue weighted by atomic mass is 10.0. The molecule has 0 spiro atoms. The third-order valence-corrected chi connectivity index (χ3v) is 7.23. The lowest BCUT2D eigenvalue weighted by Gasteiger charge is -2.42. The summed E-state index contributed by atoms with van der Waals surface area (Å²) in [5.74, 6) is -1.93. The summed E-state index contributed by atoms with van der Waals surface area (Å²) >= 11 is 0. The number of hydrogen-bond donors (Lipinski definition) is 1. The van der Waals surface area contributed by atoms with Crippen LogP contribution in [-0.4, -0.2) is 77.8 Å². The minimum absolute atomic E-state index is 0.00541. The van der Waals surface area contributed by atoms with Gasteiger partial charge in [-0.2, -0.15) is 0 Å². The fraction of sp³-hybridized carbons (Fsp3) is 0.370. The van der Waals surface area contributed by atoms with Gasteiger partial charge in [0.2, 0.25) is 0 Å². The molecule has 0 radical (unpaired) electrons. The predicted molar refractivity (Wildman–Crippen MR) is 136 cm³/mol. The van der Waals surface area contributed by atoms with E-state index in [9.17, 15) is 8.78 Å². The van der Waals surface area contributed by atoms with Crippen LogP contribution in [0.4, 0.5) is 14.5 Å². The number of pyridine rings is 2. The number of rotatable bonds is 5. The molecule has 6 nitrogen and oxygen atoms in total. The predicted octanol–water partition coefficient (Wildman–Crippen LogP) is 4.21. The van der Waals surface area contributed by atoms with Crippen molar-refractivity contribution in [3.63, 3.8) is 0 Å². The molecule has 0 saturated carbocycles. The Morgan fingerprint density at radius 3 is 2.40 bits per heavy atom. The molecule has 2 aliphatic rings. The number of aromatic nitrogens is 2. The molecule has 2 saturated heterocycles. The van der Waals surface area contributed by atoms with Gasteiger partial charge in [0, 0.05) is 56.4 Å². The first-order valence-corrected chi connectivity index (χ1v) is 12.1. The largest absolute Gasteiger partial charge is 0.370 e. The first kappa shape index (κ1) is 23.5. The number of allylic oxidation sites excluding steroid dienone is 1. The second-order valence-corrected chi connectivity index (χ2v) is 9.47. The molecule has 4 heterocycles. The van der Waals surface area contributed by atoms with Gasteiger partial charge in [-0.05, 0) is 56.3 Å². The van der Waals surface area contributed by atoms with E-state index in [1.165, 1.54) is 6.07 Å². The molecule has 0 bridgehead atoms. The number of fused-ring (bicyclic) bond motifs is 1. The van der Waals surface area contributed by atoms with Crippen molar-refractivity contribution in [3.05, 3.63) is 72.1 Å². The standard InChI is InChI=1S/C27H30F2N6/c1-18(27(30)19-3-4-22(28)23(29)15-19)24-5-6-25-26(32-24)16-21(17-31-25)34-9-7-20(8-10-34)35-13-11-33(2)12-14-35/h3-6,15-17,20,30H,1,7-14H2,2H3. The third kappa shape index (κ3) is 4.94. The molecule has 2 fully saturated rings. The number of benzene rings is 1. The topological polar surface area (TPSA) is 59.4 Å². The number of nitrogens with one attached hydrogen (secondary N) is 1. The molecular weight excluding hydrogens is 446 g/mol. The van der Waals surface area contributed by atoms with E-state index in [0.717, 1.165) is 81.0 Å². The molecule has 0 aliphatic carbocycles. The summed E-state index contributed by atoms with van der Waals surface area (Å²) < 4.78 is 26.9. The number of hydrogen-bond acceptors (Lipinski definition) is 6. The minimum atomic E-state index is -0.989. The van der Waals surface area contributed by atoms with Crippen molar-refractivity contribution in [1.29, 1.82) is 5.41 Å². The van der Waals surface area contributed by atoms with Crippen LogP contribution >= 0.6 is 0 Å². The maximum Gasteiger partial charge on any atom is 0.159 e. The van der Waals surface area contributed by atoms with Crippen LogP contribution in [0.3, 0.4) is 0 Å². The molecule has 3 aromatic rings. The van der Waals surface area contributed by atoms with Crippen LogP contribution in [0.2, 0.25) is 0 Å². The zero-order valence-electron chi connectivity index (χ0n) is 20.0. The van der Waals surface area contributed by atoms with Crippen molar-refractivity contribution >= 4 is 28.0 Å². The molecule has 5 rings (SSSR count). The Bertz CT molecular complexity index is 1260. The molecule has 0 atom stereocenters. The van der Waals surface area contributed by atoms with E-state index >= 15 is 0 Å². The second-order valence-electron chi connectivity index (χ2n) is 9.47. The molecule has 0 amide bonds. The van der Waals surface area contributed by atoms with Crippen LogP contribution in [0, 0.1) is 17.0 Å². The SMILES string of the molecule is C=C(C(=N)c1ccc(F)c(F)c1)c1ccc2ncc(N3CCC(N4CCN(C)CC4)CC3)cc2n1. The first-order chi connectivity index (χ1) is 16.9. The normalized spacial score (nSPS) is 18.2. The third-order valence-electron chi connectivity index (χ3n) is 7.23. The van der Waals surface area contributed by atoms with Crippen LogP contribution < -0.4 is 4.90 Å². The minimum Gasteiger partial charge on any atom is -0.370 e. The van der Waals surface area contributed by atoms with Crippen LogP contribution in [0.1, 0.15) is 24.1 Å².